The number of H-pyrrole nitrogens is 1. The Bertz CT molecular complexity index is 603. The molecule has 100 valence electrons. The van der Waals surface area contributed by atoms with Gasteiger partial charge in [0.2, 0.25) is 0 Å². The van der Waals surface area contributed by atoms with E-state index in [1.807, 2.05) is 18.4 Å². The third-order valence-electron chi connectivity index (χ3n) is 2.55. The molecule has 0 saturated heterocycles. The lowest BCUT2D eigenvalue weighted by molar-refractivity contribution is 0.0956. The number of nitrogens with zero attached hydrogens (tertiary/aromatic N) is 2. The van der Waals surface area contributed by atoms with Gasteiger partial charge in [-0.15, -0.1) is 0 Å². The van der Waals surface area contributed by atoms with Crippen LogP contribution in [0.25, 0.3) is 5.69 Å². The molecular weight excluding hydrogens is 280 g/mol. The third kappa shape index (κ3) is 3.45. The van der Waals surface area contributed by atoms with Crippen molar-refractivity contribution in [3.63, 3.8) is 0 Å². The Morgan fingerprint density at radius 2 is 2.21 bits per heavy atom. The van der Waals surface area contributed by atoms with Crippen molar-refractivity contribution in [2.24, 2.45) is 0 Å². The number of thioether (sulfide) groups is 1. The maximum absolute atomic E-state index is 11.8. The number of carbonyl (C=O) groups excluding carboxylic acids is 1. The third-order valence-corrected chi connectivity index (χ3v) is 3.45. The van der Waals surface area contributed by atoms with Crippen molar-refractivity contribution in [3.8, 4) is 5.69 Å². The monoisotopic (exact) mass is 294 g/mol. The van der Waals surface area contributed by atoms with Gasteiger partial charge >= 0.3 is 0 Å². The number of hydrogen-bond acceptors (Lipinski definition) is 4. The highest BCUT2D eigenvalue weighted by atomic mass is 32.2. The summed E-state index contributed by atoms with van der Waals surface area (Å²) in [6.45, 7) is 0.675. The highest BCUT2D eigenvalue weighted by Gasteiger charge is 2.05. The summed E-state index contributed by atoms with van der Waals surface area (Å²) in [6, 6.07) is 7.24. The molecule has 0 aliphatic carbocycles. The molecule has 1 amide bonds. The van der Waals surface area contributed by atoms with E-state index in [-0.39, 0.29) is 5.91 Å². The minimum Gasteiger partial charge on any atom is -0.351 e. The Balaban J connectivity index is 2.08. The summed E-state index contributed by atoms with van der Waals surface area (Å²) in [6.07, 6.45) is 3.62. The van der Waals surface area contributed by atoms with Crippen LogP contribution in [0.4, 0.5) is 0 Å². The van der Waals surface area contributed by atoms with E-state index < -0.39 is 0 Å². The van der Waals surface area contributed by atoms with Crippen LogP contribution in [0.3, 0.4) is 0 Å². The van der Waals surface area contributed by atoms with E-state index >= 15 is 0 Å². The lowest BCUT2D eigenvalue weighted by atomic mass is 10.2. The second-order valence-corrected chi connectivity index (χ2v) is 5.20. The minimum atomic E-state index is -0.0589. The molecule has 2 aromatic rings. The maximum atomic E-state index is 11.8. The lowest BCUT2D eigenvalue weighted by Gasteiger charge is -2.05. The van der Waals surface area contributed by atoms with E-state index in [2.05, 4.69) is 15.5 Å². The van der Waals surface area contributed by atoms with Gasteiger partial charge in [-0.05, 0) is 42.7 Å². The first-order valence-corrected chi connectivity index (χ1v) is 7.52. The van der Waals surface area contributed by atoms with Crippen LogP contribution in [0.2, 0.25) is 0 Å². The molecule has 0 saturated carbocycles. The normalized spacial score (nSPS) is 10.4. The predicted octanol–water partition coefficient (Wildman–Crippen LogP) is 2.02. The Kier molecular flexibility index (Phi) is 4.75. The number of hydrogen-bond donors (Lipinski definition) is 2. The van der Waals surface area contributed by atoms with Gasteiger partial charge in [-0.25, -0.2) is 0 Å². The first kappa shape index (κ1) is 13.8. The fourth-order valence-electron chi connectivity index (χ4n) is 1.57. The molecule has 0 aliphatic rings. The van der Waals surface area contributed by atoms with Gasteiger partial charge < -0.3 is 5.32 Å². The first-order valence-electron chi connectivity index (χ1n) is 5.72. The van der Waals surface area contributed by atoms with Crippen LogP contribution in [0.5, 0.6) is 0 Å². The fraction of sp³-hybridized carbons (Fsp3) is 0.250. The van der Waals surface area contributed by atoms with Crippen molar-refractivity contribution >= 4 is 29.9 Å². The van der Waals surface area contributed by atoms with Gasteiger partial charge in [-0.2, -0.15) is 16.9 Å². The van der Waals surface area contributed by atoms with Crippen molar-refractivity contribution in [2.75, 3.05) is 18.6 Å². The Labute approximate surface area is 120 Å². The number of benzene rings is 1. The van der Waals surface area contributed by atoms with Crippen LogP contribution in [0, 0.1) is 4.77 Å². The molecule has 1 aromatic heterocycles. The van der Waals surface area contributed by atoms with Gasteiger partial charge in [0.25, 0.3) is 5.91 Å². The zero-order chi connectivity index (χ0) is 13.7. The van der Waals surface area contributed by atoms with E-state index in [1.165, 1.54) is 0 Å². The van der Waals surface area contributed by atoms with E-state index in [9.17, 15) is 4.79 Å². The molecule has 0 spiro atoms. The molecular formula is C12H14N4OS2. The summed E-state index contributed by atoms with van der Waals surface area (Å²) in [7, 11) is 0. The molecule has 0 fully saturated rings. The van der Waals surface area contributed by atoms with Gasteiger partial charge in [0, 0.05) is 23.5 Å². The van der Waals surface area contributed by atoms with Gasteiger partial charge in [-0.1, -0.05) is 0 Å². The van der Waals surface area contributed by atoms with Crippen LogP contribution in [0.15, 0.2) is 30.6 Å². The average Bonchev–Trinajstić information content (AvgIpc) is 2.85. The van der Waals surface area contributed by atoms with Gasteiger partial charge in [-0.3, -0.25) is 14.5 Å². The maximum Gasteiger partial charge on any atom is 0.251 e. The van der Waals surface area contributed by atoms with Gasteiger partial charge in [0.1, 0.15) is 6.33 Å². The predicted molar refractivity (Wildman–Crippen MR) is 79.5 cm³/mol. The fourth-order valence-corrected chi connectivity index (χ4v) is 2.09. The van der Waals surface area contributed by atoms with Crippen molar-refractivity contribution in [3.05, 3.63) is 40.9 Å². The minimum absolute atomic E-state index is 0.0589. The second-order valence-electron chi connectivity index (χ2n) is 3.83. The van der Waals surface area contributed by atoms with E-state index in [0.717, 1.165) is 11.4 Å². The molecule has 0 atom stereocenters. The summed E-state index contributed by atoms with van der Waals surface area (Å²) >= 11 is 6.79. The van der Waals surface area contributed by atoms with Crippen LogP contribution < -0.4 is 5.32 Å². The van der Waals surface area contributed by atoms with Crippen LogP contribution in [-0.4, -0.2) is 39.2 Å². The summed E-state index contributed by atoms with van der Waals surface area (Å²) in [5.74, 6) is 0.852. The number of carbonyl (C=O) groups is 1. The number of aromatic nitrogens is 3. The lowest BCUT2D eigenvalue weighted by Crippen LogP contribution is -2.25. The van der Waals surface area contributed by atoms with Crippen LogP contribution >= 0.6 is 24.0 Å². The smallest absolute Gasteiger partial charge is 0.251 e. The van der Waals surface area contributed by atoms with E-state index in [4.69, 9.17) is 12.2 Å². The number of nitrogens with one attached hydrogen (secondary N) is 2. The van der Waals surface area contributed by atoms with E-state index in [0.29, 0.717) is 16.9 Å². The molecule has 0 radical (unpaired) electrons. The van der Waals surface area contributed by atoms with Crippen LogP contribution in [0.1, 0.15) is 10.4 Å². The zero-order valence-electron chi connectivity index (χ0n) is 10.4. The molecule has 7 heteroatoms. The van der Waals surface area contributed by atoms with Crippen molar-refractivity contribution in [1.29, 1.82) is 0 Å². The SMILES string of the molecule is CSCCNC(=O)c1ccc(-n2cn[nH]c2=S)cc1. The molecule has 19 heavy (non-hydrogen) atoms. The Morgan fingerprint density at radius 3 is 2.79 bits per heavy atom. The average molecular weight is 294 g/mol. The molecule has 2 rings (SSSR count). The van der Waals surface area contributed by atoms with Crippen molar-refractivity contribution < 1.29 is 4.79 Å². The second kappa shape index (κ2) is 6.53. The van der Waals surface area contributed by atoms with Crippen molar-refractivity contribution in [1.82, 2.24) is 20.1 Å². The summed E-state index contributed by atoms with van der Waals surface area (Å²) in [4.78, 5) is 11.8. The zero-order valence-corrected chi connectivity index (χ0v) is 12.1. The summed E-state index contributed by atoms with van der Waals surface area (Å²) in [5, 5.41) is 9.40. The molecule has 1 aromatic carbocycles. The van der Waals surface area contributed by atoms with Gasteiger partial charge in [0.05, 0.1) is 0 Å². The quantitative estimate of drug-likeness (QED) is 0.654. The van der Waals surface area contributed by atoms with Gasteiger partial charge in [0.15, 0.2) is 4.77 Å². The molecule has 2 N–H and O–H groups in total. The van der Waals surface area contributed by atoms with E-state index in [1.54, 1.807) is 34.8 Å². The molecule has 0 unspecified atom stereocenters. The molecule has 1 heterocycles. The summed E-state index contributed by atoms with van der Waals surface area (Å²) in [5.41, 5.74) is 1.51. The molecule has 5 nitrogen and oxygen atoms in total. The largest absolute Gasteiger partial charge is 0.351 e. The number of aromatic amines is 1. The summed E-state index contributed by atoms with van der Waals surface area (Å²) < 4.78 is 2.27. The number of rotatable bonds is 5. The first-order chi connectivity index (χ1) is 9.22. The Morgan fingerprint density at radius 1 is 1.47 bits per heavy atom. The molecule has 0 bridgehead atoms. The van der Waals surface area contributed by atoms with Crippen molar-refractivity contribution in [2.45, 2.75) is 0 Å². The topological polar surface area (TPSA) is 62.7 Å². The molecule has 0 aliphatic heterocycles. The standard InChI is InChI=1S/C12H14N4OS2/c1-19-7-6-13-11(17)9-2-4-10(5-3-9)16-8-14-15-12(16)18/h2-5,8H,6-7H2,1H3,(H,13,17)(H,15,18). The Hall–Kier alpha value is -1.60. The highest BCUT2D eigenvalue weighted by Crippen LogP contribution is 2.09. The number of amides is 1. The van der Waals surface area contributed by atoms with Crippen LogP contribution in [-0.2, 0) is 0 Å². The highest BCUT2D eigenvalue weighted by molar-refractivity contribution is 7.98.